The SMILES string of the molecule is CC(C)=O.[Ir]. The second kappa shape index (κ2) is 4.32. The van der Waals surface area contributed by atoms with Gasteiger partial charge in [-0.3, -0.25) is 0 Å². The minimum atomic E-state index is 0. The molecule has 0 bridgehead atoms. The summed E-state index contributed by atoms with van der Waals surface area (Å²) in [6, 6.07) is 0. The van der Waals surface area contributed by atoms with Crippen molar-refractivity contribution in [2.75, 3.05) is 0 Å². The first-order valence-corrected chi connectivity index (χ1v) is 1.20. The summed E-state index contributed by atoms with van der Waals surface area (Å²) < 4.78 is 0. The van der Waals surface area contributed by atoms with E-state index < -0.39 is 0 Å². The molecule has 0 aliphatic heterocycles. The van der Waals surface area contributed by atoms with E-state index in [4.69, 9.17) is 0 Å². The number of hydrogen-bond donors (Lipinski definition) is 0. The molecule has 0 aliphatic carbocycles. The maximum atomic E-state index is 9.44. The molecular weight excluding hydrogens is 244 g/mol. The summed E-state index contributed by atoms with van der Waals surface area (Å²) in [6.07, 6.45) is 0. The molecule has 33 valence electrons. The fourth-order valence-electron chi connectivity index (χ4n) is 0. The van der Waals surface area contributed by atoms with Crippen molar-refractivity contribution in [1.82, 2.24) is 0 Å². The van der Waals surface area contributed by atoms with Crippen molar-refractivity contribution in [1.29, 1.82) is 0 Å². The van der Waals surface area contributed by atoms with E-state index in [9.17, 15) is 4.79 Å². The van der Waals surface area contributed by atoms with Gasteiger partial charge in [0.1, 0.15) is 5.78 Å². The average Bonchev–Trinajstić information content (AvgIpc) is 0.811. The Balaban J connectivity index is 0. The van der Waals surface area contributed by atoms with Crippen LogP contribution in [-0.4, -0.2) is 5.78 Å². The largest absolute Gasteiger partial charge is 0.300 e. The third-order valence-corrected chi connectivity index (χ3v) is 0. The Labute approximate surface area is 45.1 Å². The number of rotatable bonds is 0. The van der Waals surface area contributed by atoms with Gasteiger partial charge >= 0.3 is 0 Å². The Kier molecular flexibility index (Phi) is 7.78. The molecule has 0 fully saturated rings. The Bertz CT molecular complexity index is 29.9. The van der Waals surface area contributed by atoms with Crippen molar-refractivity contribution in [2.24, 2.45) is 0 Å². The van der Waals surface area contributed by atoms with Crippen LogP contribution in [0.5, 0.6) is 0 Å². The Morgan fingerprint density at radius 2 is 1.40 bits per heavy atom. The molecule has 0 atom stereocenters. The van der Waals surface area contributed by atoms with Crippen LogP contribution in [0.2, 0.25) is 0 Å². The van der Waals surface area contributed by atoms with Gasteiger partial charge in [-0.1, -0.05) is 0 Å². The summed E-state index contributed by atoms with van der Waals surface area (Å²) in [5.41, 5.74) is 0. The van der Waals surface area contributed by atoms with Crippen molar-refractivity contribution < 1.29 is 24.9 Å². The van der Waals surface area contributed by atoms with Crippen LogP contribution in [0.1, 0.15) is 13.8 Å². The van der Waals surface area contributed by atoms with Crippen molar-refractivity contribution in [3.8, 4) is 0 Å². The van der Waals surface area contributed by atoms with E-state index in [1.54, 1.807) is 0 Å². The molecule has 0 N–H and O–H groups in total. The van der Waals surface area contributed by atoms with E-state index in [0.29, 0.717) is 0 Å². The van der Waals surface area contributed by atoms with Gasteiger partial charge in [0.05, 0.1) is 0 Å². The van der Waals surface area contributed by atoms with Gasteiger partial charge in [0.15, 0.2) is 0 Å². The van der Waals surface area contributed by atoms with E-state index in [1.807, 2.05) is 0 Å². The maximum absolute atomic E-state index is 9.44. The molecule has 0 aromatic carbocycles. The van der Waals surface area contributed by atoms with Crippen molar-refractivity contribution in [3.05, 3.63) is 0 Å². The summed E-state index contributed by atoms with van der Waals surface area (Å²) in [6.45, 7) is 3.06. The number of Topliss-reactive ketones (excluding diaryl/α,β-unsaturated/α-hetero) is 1. The average molecular weight is 250 g/mol. The molecule has 0 rings (SSSR count). The van der Waals surface area contributed by atoms with Crippen molar-refractivity contribution >= 4 is 5.78 Å². The molecule has 0 saturated carbocycles. The van der Waals surface area contributed by atoms with Crippen LogP contribution in [0.4, 0.5) is 0 Å². The van der Waals surface area contributed by atoms with Gasteiger partial charge in [-0.25, -0.2) is 0 Å². The second-order valence-electron chi connectivity index (χ2n) is 0.908. The zero-order valence-electron chi connectivity index (χ0n) is 3.24. The quantitative estimate of drug-likeness (QED) is 0.615. The van der Waals surface area contributed by atoms with Crippen LogP contribution in [0.25, 0.3) is 0 Å². The van der Waals surface area contributed by atoms with E-state index in [2.05, 4.69) is 0 Å². The van der Waals surface area contributed by atoms with E-state index >= 15 is 0 Å². The van der Waals surface area contributed by atoms with Gasteiger partial charge in [-0.15, -0.1) is 0 Å². The molecule has 0 heterocycles. The maximum Gasteiger partial charge on any atom is 0.126 e. The van der Waals surface area contributed by atoms with Crippen LogP contribution in [-0.2, 0) is 24.9 Å². The van der Waals surface area contributed by atoms with Crippen LogP contribution in [0.15, 0.2) is 0 Å². The summed E-state index contributed by atoms with van der Waals surface area (Å²) in [7, 11) is 0. The second-order valence-corrected chi connectivity index (χ2v) is 0.908. The monoisotopic (exact) mass is 251 g/mol. The minimum Gasteiger partial charge on any atom is -0.300 e. The summed E-state index contributed by atoms with van der Waals surface area (Å²) in [5.74, 6) is 0.167. The van der Waals surface area contributed by atoms with Gasteiger partial charge in [0.25, 0.3) is 0 Å². The molecule has 5 heavy (non-hydrogen) atoms. The molecule has 2 heteroatoms. The van der Waals surface area contributed by atoms with Gasteiger partial charge in [0, 0.05) is 20.1 Å². The molecule has 0 aromatic rings. The smallest absolute Gasteiger partial charge is 0.126 e. The summed E-state index contributed by atoms with van der Waals surface area (Å²) >= 11 is 0. The van der Waals surface area contributed by atoms with Crippen molar-refractivity contribution in [2.45, 2.75) is 13.8 Å². The molecule has 1 nitrogen and oxygen atoms in total. The van der Waals surface area contributed by atoms with Crippen LogP contribution in [0, 0.1) is 0 Å². The standard InChI is InChI=1S/C3H6O.Ir/c1-3(2)4;/h1-2H3;. The Morgan fingerprint density at radius 3 is 1.40 bits per heavy atom. The third kappa shape index (κ3) is 228. The van der Waals surface area contributed by atoms with E-state index in [1.165, 1.54) is 13.8 Å². The molecule has 0 aliphatic rings. The first kappa shape index (κ1) is 9.01. The summed E-state index contributed by atoms with van der Waals surface area (Å²) in [5, 5.41) is 0. The third-order valence-electron chi connectivity index (χ3n) is 0. The number of carbonyl (C=O) groups excluding carboxylic acids is 1. The van der Waals surface area contributed by atoms with E-state index in [-0.39, 0.29) is 25.9 Å². The summed E-state index contributed by atoms with van der Waals surface area (Å²) in [4.78, 5) is 9.44. The van der Waals surface area contributed by atoms with E-state index in [0.717, 1.165) is 0 Å². The fraction of sp³-hybridized carbons (Fsp3) is 0.667. The van der Waals surface area contributed by atoms with Crippen LogP contribution < -0.4 is 0 Å². The Morgan fingerprint density at radius 1 is 1.40 bits per heavy atom. The number of hydrogen-bond acceptors (Lipinski definition) is 1. The van der Waals surface area contributed by atoms with Gasteiger partial charge in [0.2, 0.25) is 0 Å². The Hall–Kier alpha value is 0.319. The topological polar surface area (TPSA) is 17.1 Å². The molecule has 0 spiro atoms. The predicted molar refractivity (Wildman–Crippen MR) is 16.4 cm³/mol. The number of carbonyl (C=O) groups is 1. The predicted octanol–water partition coefficient (Wildman–Crippen LogP) is 0.593. The molecule has 0 amide bonds. The molecule has 0 aromatic heterocycles. The fourth-order valence-corrected chi connectivity index (χ4v) is 0. The molecule has 1 radical (unpaired) electrons. The van der Waals surface area contributed by atoms with Crippen LogP contribution >= 0.6 is 0 Å². The van der Waals surface area contributed by atoms with Gasteiger partial charge in [-0.2, -0.15) is 0 Å². The van der Waals surface area contributed by atoms with Crippen molar-refractivity contribution in [3.63, 3.8) is 0 Å². The minimum absolute atomic E-state index is 0. The zero-order chi connectivity index (χ0) is 3.58. The number of ketones is 1. The van der Waals surface area contributed by atoms with Crippen LogP contribution in [0.3, 0.4) is 0 Å². The molecule has 0 unspecified atom stereocenters. The molecule has 0 saturated heterocycles. The first-order valence-electron chi connectivity index (χ1n) is 1.20. The van der Waals surface area contributed by atoms with Gasteiger partial charge < -0.3 is 4.79 Å². The normalized spacial score (nSPS) is 5.20. The van der Waals surface area contributed by atoms with Gasteiger partial charge in [-0.05, 0) is 13.8 Å². The first-order chi connectivity index (χ1) is 1.73. The molecular formula is C3H6IrO. The zero-order valence-corrected chi connectivity index (χ0v) is 5.64.